The number of carbonyl (C=O) groups is 2. The average molecular weight is 412 g/mol. The highest BCUT2D eigenvalue weighted by molar-refractivity contribution is 7.16. The maximum Gasteiger partial charge on any atom is 0.416 e. The molecule has 1 atom stereocenters. The fourth-order valence-electron chi connectivity index (χ4n) is 2.56. The van der Waals surface area contributed by atoms with Gasteiger partial charge < -0.3 is 9.67 Å². The highest BCUT2D eigenvalue weighted by Crippen LogP contribution is 2.29. The van der Waals surface area contributed by atoms with Crippen molar-refractivity contribution in [1.82, 2.24) is 4.57 Å². The van der Waals surface area contributed by atoms with Gasteiger partial charge in [0.05, 0.1) is 15.8 Å². The Morgan fingerprint density at radius 1 is 1.18 bits per heavy atom. The Morgan fingerprint density at radius 3 is 2.54 bits per heavy atom. The molecule has 146 valence electrons. The zero-order chi connectivity index (χ0) is 20.6. The van der Waals surface area contributed by atoms with E-state index in [0.717, 1.165) is 34.1 Å². The minimum Gasteiger partial charge on any atom is -0.480 e. The zero-order valence-corrected chi connectivity index (χ0v) is 15.0. The van der Waals surface area contributed by atoms with Crippen LogP contribution in [0.3, 0.4) is 0 Å². The van der Waals surface area contributed by atoms with Gasteiger partial charge in [-0.2, -0.15) is 18.2 Å². The number of rotatable bonds is 3. The molecule has 0 spiro atoms. The molecule has 0 aliphatic carbocycles. The second kappa shape index (κ2) is 7.19. The van der Waals surface area contributed by atoms with Gasteiger partial charge in [0.2, 0.25) is 0 Å². The van der Waals surface area contributed by atoms with Crippen LogP contribution in [0.4, 0.5) is 17.6 Å². The van der Waals surface area contributed by atoms with Crippen molar-refractivity contribution < 1.29 is 32.3 Å². The second-order valence-electron chi connectivity index (χ2n) is 5.88. The summed E-state index contributed by atoms with van der Waals surface area (Å²) in [5, 5.41) is 9.32. The first-order valence-electron chi connectivity index (χ1n) is 7.87. The normalized spacial score (nSPS) is 13.7. The van der Waals surface area contributed by atoms with Gasteiger partial charge in [0.25, 0.3) is 5.91 Å². The van der Waals surface area contributed by atoms with E-state index >= 15 is 0 Å². The summed E-state index contributed by atoms with van der Waals surface area (Å²) in [6.45, 7) is 1.33. The van der Waals surface area contributed by atoms with Crippen molar-refractivity contribution in [3.8, 4) is 0 Å². The summed E-state index contributed by atoms with van der Waals surface area (Å²) >= 11 is 0.934. The van der Waals surface area contributed by atoms with E-state index in [1.165, 1.54) is 25.1 Å². The Labute approximate surface area is 159 Å². The number of amides is 1. The van der Waals surface area contributed by atoms with Crippen LogP contribution in [-0.2, 0) is 11.0 Å². The Morgan fingerprint density at radius 2 is 1.89 bits per heavy atom. The minimum atomic E-state index is -4.62. The minimum absolute atomic E-state index is 0.0575. The number of alkyl halides is 3. The van der Waals surface area contributed by atoms with Crippen molar-refractivity contribution in [3.63, 3.8) is 0 Å². The van der Waals surface area contributed by atoms with E-state index in [9.17, 15) is 32.3 Å². The Kier molecular flexibility index (Phi) is 5.07. The van der Waals surface area contributed by atoms with E-state index in [0.29, 0.717) is 10.8 Å². The van der Waals surface area contributed by atoms with E-state index in [4.69, 9.17) is 0 Å². The van der Waals surface area contributed by atoms with Crippen LogP contribution in [0, 0.1) is 5.82 Å². The molecule has 10 heteroatoms. The maximum absolute atomic E-state index is 13.6. The van der Waals surface area contributed by atoms with Crippen LogP contribution in [0.25, 0.3) is 10.2 Å². The van der Waals surface area contributed by atoms with Gasteiger partial charge in [-0.25, -0.2) is 9.18 Å². The standard InChI is InChI=1S/C18H12F4N2O3S/c1-9(16(26)27)24-13-8-12(19)5-6-14(13)28-17(24)23-15(25)10-3-2-4-11(7-10)18(20,21)22/h2-9H,1H3,(H,26,27). The lowest BCUT2D eigenvalue weighted by molar-refractivity contribution is -0.140. The molecule has 0 fully saturated rings. The van der Waals surface area contributed by atoms with Gasteiger partial charge in [0.15, 0.2) is 4.80 Å². The molecule has 1 aromatic heterocycles. The van der Waals surface area contributed by atoms with Crippen LogP contribution in [0.5, 0.6) is 0 Å². The number of nitrogens with zero attached hydrogens (tertiary/aromatic N) is 2. The number of hydrogen-bond donors (Lipinski definition) is 1. The Bertz CT molecular complexity index is 1150. The number of thiazole rings is 1. The summed E-state index contributed by atoms with van der Waals surface area (Å²) in [6, 6.07) is 6.28. The zero-order valence-electron chi connectivity index (χ0n) is 14.2. The Balaban J connectivity index is 2.18. The number of benzene rings is 2. The highest BCUT2D eigenvalue weighted by atomic mass is 32.1. The third kappa shape index (κ3) is 3.81. The predicted octanol–water partition coefficient (Wildman–Crippen LogP) is 4.25. The van der Waals surface area contributed by atoms with Crippen LogP contribution in [0.2, 0.25) is 0 Å². The summed E-state index contributed by atoms with van der Waals surface area (Å²) in [5.74, 6) is -2.81. The molecule has 0 aliphatic rings. The summed E-state index contributed by atoms with van der Waals surface area (Å²) in [6.07, 6.45) is -4.62. The first-order chi connectivity index (χ1) is 13.1. The van der Waals surface area contributed by atoms with Crippen LogP contribution in [0.1, 0.15) is 28.9 Å². The molecule has 0 bridgehead atoms. The number of hydrogen-bond acceptors (Lipinski definition) is 3. The lowest BCUT2D eigenvalue weighted by Crippen LogP contribution is -2.25. The van der Waals surface area contributed by atoms with E-state index < -0.39 is 35.5 Å². The molecular weight excluding hydrogens is 400 g/mol. The molecule has 1 amide bonds. The number of carboxylic acids is 1. The molecule has 1 unspecified atom stereocenters. The van der Waals surface area contributed by atoms with Crippen LogP contribution in [0.15, 0.2) is 47.5 Å². The van der Waals surface area contributed by atoms with Crippen molar-refractivity contribution in [1.29, 1.82) is 0 Å². The van der Waals surface area contributed by atoms with Gasteiger partial charge in [0, 0.05) is 5.56 Å². The average Bonchev–Trinajstić information content (AvgIpc) is 2.97. The summed E-state index contributed by atoms with van der Waals surface area (Å²) in [7, 11) is 0. The second-order valence-corrected chi connectivity index (χ2v) is 6.89. The third-order valence-corrected chi connectivity index (χ3v) is 5.00. The molecule has 1 heterocycles. The lowest BCUT2D eigenvalue weighted by atomic mass is 10.1. The highest BCUT2D eigenvalue weighted by Gasteiger charge is 2.31. The van der Waals surface area contributed by atoms with Crippen LogP contribution in [-0.4, -0.2) is 21.6 Å². The molecule has 28 heavy (non-hydrogen) atoms. The first-order valence-corrected chi connectivity index (χ1v) is 8.69. The van der Waals surface area contributed by atoms with Gasteiger partial charge in [0.1, 0.15) is 11.9 Å². The molecule has 0 saturated heterocycles. The van der Waals surface area contributed by atoms with Gasteiger partial charge in [-0.15, -0.1) is 0 Å². The maximum atomic E-state index is 13.6. The number of aromatic nitrogens is 1. The number of aliphatic carboxylic acids is 1. The monoisotopic (exact) mass is 412 g/mol. The Hall–Kier alpha value is -3.01. The van der Waals surface area contributed by atoms with E-state index in [1.54, 1.807) is 0 Å². The third-order valence-electron chi connectivity index (χ3n) is 3.97. The SMILES string of the molecule is CC(C(=O)O)n1c(=NC(=O)c2cccc(C(F)(F)F)c2)sc2ccc(F)cc21. The fourth-order valence-corrected chi connectivity index (χ4v) is 3.64. The summed E-state index contributed by atoms with van der Waals surface area (Å²) < 4.78 is 53.8. The first kappa shape index (κ1) is 19.7. The van der Waals surface area contributed by atoms with Crippen molar-refractivity contribution >= 4 is 33.4 Å². The lowest BCUT2D eigenvalue weighted by Gasteiger charge is -2.10. The molecule has 0 radical (unpaired) electrons. The number of fused-ring (bicyclic) bond motifs is 1. The molecule has 3 aromatic rings. The topological polar surface area (TPSA) is 71.7 Å². The molecule has 0 aliphatic heterocycles. The molecule has 1 N–H and O–H groups in total. The van der Waals surface area contributed by atoms with Gasteiger partial charge in [-0.3, -0.25) is 4.79 Å². The van der Waals surface area contributed by atoms with E-state index in [-0.39, 0.29) is 15.9 Å². The number of carbonyl (C=O) groups excluding carboxylic acids is 1. The van der Waals surface area contributed by atoms with Crippen LogP contribution >= 0.6 is 11.3 Å². The summed E-state index contributed by atoms with van der Waals surface area (Å²) in [5.41, 5.74) is -1.08. The predicted molar refractivity (Wildman–Crippen MR) is 93.5 cm³/mol. The molecule has 2 aromatic carbocycles. The fraction of sp³-hybridized carbons (Fsp3) is 0.167. The molecular formula is C18H12F4N2O3S. The van der Waals surface area contributed by atoms with Gasteiger partial charge in [-0.1, -0.05) is 17.4 Å². The smallest absolute Gasteiger partial charge is 0.416 e. The molecule has 0 saturated carbocycles. The van der Waals surface area contributed by atoms with E-state index in [2.05, 4.69) is 4.99 Å². The summed E-state index contributed by atoms with van der Waals surface area (Å²) in [4.78, 5) is 27.6. The largest absolute Gasteiger partial charge is 0.480 e. The van der Waals surface area contributed by atoms with Crippen molar-refractivity contribution in [3.05, 3.63) is 64.2 Å². The van der Waals surface area contributed by atoms with Gasteiger partial charge >= 0.3 is 12.1 Å². The molecule has 3 rings (SSSR count). The molecule has 5 nitrogen and oxygen atoms in total. The van der Waals surface area contributed by atoms with Crippen molar-refractivity contribution in [2.24, 2.45) is 4.99 Å². The number of halogens is 4. The number of carboxylic acid groups (broad SMARTS) is 1. The quantitative estimate of drug-likeness (QED) is 0.654. The van der Waals surface area contributed by atoms with E-state index in [1.807, 2.05) is 0 Å². The van der Waals surface area contributed by atoms with Gasteiger partial charge in [-0.05, 0) is 43.3 Å². The van der Waals surface area contributed by atoms with Crippen LogP contribution < -0.4 is 4.80 Å². The van der Waals surface area contributed by atoms with Crippen molar-refractivity contribution in [2.45, 2.75) is 19.1 Å². The van der Waals surface area contributed by atoms with Crippen molar-refractivity contribution in [2.75, 3.05) is 0 Å².